The molecule has 0 spiro atoms. The number of carbonyl (C=O) groups excluding carboxylic acids is 2. The largest absolute Gasteiger partial charge is 0.446 e. The number of amides is 2. The van der Waals surface area contributed by atoms with E-state index in [0.717, 1.165) is 18.8 Å². The maximum absolute atomic E-state index is 12.2. The van der Waals surface area contributed by atoms with Crippen LogP contribution in [0.5, 0.6) is 0 Å². The van der Waals surface area contributed by atoms with Crippen LogP contribution in [0.3, 0.4) is 0 Å². The first-order valence-corrected chi connectivity index (χ1v) is 9.66. The zero-order valence-corrected chi connectivity index (χ0v) is 16.7. The van der Waals surface area contributed by atoms with Crippen molar-refractivity contribution >= 4 is 23.2 Å². The SMILES string of the molecule is CC(C)[C@H](N)c1nc(C(=O)NCC(=O)Nc2ccc(N3CCOCC3)cc2)co1. The van der Waals surface area contributed by atoms with Crippen LogP contribution in [0.4, 0.5) is 11.4 Å². The van der Waals surface area contributed by atoms with Crippen LogP contribution in [0.2, 0.25) is 0 Å². The van der Waals surface area contributed by atoms with Gasteiger partial charge < -0.3 is 30.4 Å². The monoisotopic (exact) mass is 401 g/mol. The quantitative estimate of drug-likeness (QED) is 0.643. The van der Waals surface area contributed by atoms with Crippen LogP contribution in [0.15, 0.2) is 34.9 Å². The lowest BCUT2D eigenvalue weighted by atomic mass is 10.1. The summed E-state index contributed by atoms with van der Waals surface area (Å²) < 4.78 is 10.6. The van der Waals surface area contributed by atoms with Crippen LogP contribution < -0.4 is 21.3 Å². The Hall–Kier alpha value is -2.91. The molecule has 9 nitrogen and oxygen atoms in total. The zero-order chi connectivity index (χ0) is 20.8. The molecule has 0 unspecified atom stereocenters. The lowest BCUT2D eigenvalue weighted by Crippen LogP contribution is -2.36. The first-order chi connectivity index (χ1) is 13.9. The Kier molecular flexibility index (Phi) is 6.84. The predicted molar refractivity (Wildman–Crippen MR) is 109 cm³/mol. The number of nitrogens with two attached hydrogens (primary N) is 1. The zero-order valence-electron chi connectivity index (χ0n) is 16.7. The molecule has 156 valence electrons. The third kappa shape index (κ3) is 5.55. The van der Waals surface area contributed by atoms with Gasteiger partial charge in [-0.2, -0.15) is 0 Å². The van der Waals surface area contributed by atoms with Crippen molar-refractivity contribution in [3.05, 3.63) is 42.1 Å². The van der Waals surface area contributed by atoms with Crippen molar-refractivity contribution in [2.45, 2.75) is 19.9 Å². The van der Waals surface area contributed by atoms with Crippen LogP contribution in [0, 0.1) is 5.92 Å². The summed E-state index contributed by atoms with van der Waals surface area (Å²) in [4.78, 5) is 30.6. The molecule has 1 aliphatic heterocycles. The highest BCUT2D eigenvalue weighted by Crippen LogP contribution is 2.19. The van der Waals surface area contributed by atoms with Crippen molar-refractivity contribution in [3.63, 3.8) is 0 Å². The van der Waals surface area contributed by atoms with Gasteiger partial charge in [0, 0.05) is 24.5 Å². The third-order valence-electron chi connectivity index (χ3n) is 4.69. The van der Waals surface area contributed by atoms with E-state index < -0.39 is 5.91 Å². The summed E-state index contributed by atoms with van der Waals surface area (Å²) in [5.74, 6) is -0.395. The molecule has 1 saturated heterocycles. The summed E-state index contributed by atoms with van der Waals surface area (Å²) in [6.07, 6.45) is 1.25. The first kappa shape index (κ1) is 20.8. The highest BCUT2D eigenvalue weighted by atomic mass is 16.5. The van der Waals surface area contributed by atoms with Crippen molar-refractivity contribution < 1.29 is 18.7 Å². The number of hydrogen-bond donors (Lipinski definition) is 3. The molecule has 29 heavy (non-hydrogen) atoms. The topological polar surface area (TPSA) is 123 Å². The molecule has 4 N–H and O–H groups in total. The molecule has 9 heteroatoms. The second-order valence-corrected chi connectivity index (χ2v) is 7.22. The smallest absolute Gasteiger partial charge is 0.273 e. The summed E-state index contributed by atoms with van der Waals surface area (Å²) in [6.45, 7) is 6.83. The molecular formula is C20H27N5O4. The highest BCUT2D eigenvalue weighted by molar-refractivity contribution is 5.98. The number of nitrogens with one attached hydrogen (secondary N) is 2. The molecule has 1 aliphatic rings. The molecule has 0 aliphatic carbocycles. The van der Waals surface area contributed by atoms with Gasteiger partial charge in [-0.15, -0.1) is 0 Å². The highest BCUT2D eigenvalue weighted by Gasteiger charge is 2.19. The summed E-state index contributed by atoms with van der Waals surface area (Å²) in [7, 11) is 0. The lowest BCUT2D eigenvalue weighted by Gasteiger charge is -2.28. The van der Waals surface area contributed by atoms with E-state index in [9.17, 15) is 9.59 Å². The summed E-state index contributed by atoms with van der Waals surface area (Å²) in [5, 5.41) is 5.28. The maximum Gasteiger partial charge on any atom is 0.273 e. The van der Waals surface area contributed by atoms with E-state index >= 15 is 0 Å². The molecule has 0 bridgehead atoms. The van der Waals surface area contributed by atoms with Crippen LogP contribution in [-0.4, -0.2) is 49.6 Å². The summed E-state index contributed by atoms with van der Waals surface area (Å²) >= 11 is 0. The molecule has 1 atom stereocenters. The van der Waals surface area contributed by atoms with Gasteiger partial charge in [-0.05, 0) is 30.2 Å². The number of oxazole rings is 1. The van der Waals surface area contributed by atoms with E-state index in [0.29, 0.717) is 24.8 Å². The fourth-order valence-corrected chi connectivity index (χ4v) is 2.86. The molecule has 0 radical (unpaired) electrons. The molecule has 1 aromatic carbocycles. The van der Waals surface area contributed by atoms with E-state index in [4.69, 9.17) is 14.9 Å². The van der Waals surface area contributed by atoms with Gasteiger partial charge in [0.2, 0.25) is 11.8 Å². The van der Waals surface area contributed by atoms with Crippen LogP contribution in [0.1, 0.15) is 36.3 Å². The molecular weight excluding hydrogens is 374 g/mol. The van der Waals surface area contributed by atoms with Gasteiger partial charge in [-0.1, -0.05) is 13.8 Å². The van der Waals surface area contributed by atoms with E-state index in [1.807, 2.05) is 38.1 Å². The number of carbonyl (C=O) groups is 2. The minimum absolute atomic E-state index is 0.0961. The normalized spacial score (nSPS) is 15.2. The Bertz CT molecular complexity index is 828. The summed E-state index contributed by atoms with van der Waals surface area (Å²) in [5.41, 5.74) is 7.80. The average Bonchev–Trinajstić information content (AvgIpc) is 3.23. The fourth-order valence-electron chi connectivity index (χ4n) is 2.86. The molecule has 2 aromatic rings. The number of ether oxygens (including phenoxy) is 1. The number of aromatic nitrogens is 1. The first-order valence-electron chi connectivity index (χ1n) is 9.66. The molecule has 0 saturated carbocycles. The van der Waals surface area contributed by atoms with Crippen molar-refractivity contribution in [2.75, 3.05) is 43.1 Å². The predicted octanol–water partition coefficient (Wildman–Crippen LogP) is 1.54. The molecule has 1 fully saturated rings. The molecule has 2 heterocycles. The lowest BCUT2D eigenvalue weighted by molar-refractivity contribution is -0.115. The second-order valence-electron chi connectivity index (χ2n) is 7.22. The van der Waals surface area contributed by atoms with Crippen molar-refractivity contribution in [1.82, 2.24) is 10.3 Å². The van der Waals surface area contributed by atoms with Gasteiger partial charge in [0.15, 0.2) is 5.69 Å². The number of anilines is 2. The van der Waals surface area contributed by atoms with Gasteiger partial charge in [-0.25, -0.2) is 4.98 Å². The van der Waals surface area contributed by atoms with Crippen LogP contribution in [-0.2, 0) is 9.53 Å². The van der Waals surface area contributed by atoms with Crippen molar-refractivity contribution in [1.29, 1.82) is 0 Å². The van der Waals surface area contributed by atoms with Crippen molar-refractivity contribution in [3.8, 4) is 0 Å². The minimum Gasteiger partial charge on any atom is -0.446 e. The van der Waals surface area contributed by atoms with Gasteiger partial charge >= 0.3 is 0 Å². The summed E-state index contributed by atoms with van der Waals surface area (Å²) in [6, 6.07) is 7.19. The number of rotatable bonds is 7. The Morgan fingerprint density at radius 3 is 2.55 bits per heavy atom. The van der Waals surface area contributed by atoms with Gasteiger partial charge in [-0.3, -0.25) is 9.59 Å². The van der Waals surface area contributed by atoms with E-state index in [1.54, 1.807) is 0 Å². The van der Waals surface area contributed by atoms with E-state index in [-0.39, 0.29) is 30.1 Å². The molecule has 3 rings (SSSR count). The van der Waals surface area contributed by atoms with E-state index in [1.165, 1.54) is 6.26 Å². The standard InChI is InChI=1S/C20H27N5O4/c1-13(2)18(21)20-24-16(12-29-20)19(27)22-11-17(26)23-14-3-5-15(6-4-14)25-7-9-28-10-8-25/h3-6,12-13,18H,7-11,21H2,1-2H3,(H,22,27)(H,23,26)/t18-/m0/s1. The fraction of sp³-hybridized carbons (Fsp3) is 0.450. The van der Waals surface area contributed by atoms with Gasteiger partial charge in [0.05, 0.1) is 25.8 Å². The van der Waals surface area contributed by atoms with Crippen molar-refractivity contribution in [2.24, 2.45) is 11.7 Å². The maximum atomic E-state index is 12.2. The Morgan fingerprint density at radius 1 is 1.21 bits per heavy atom. The third-order valence-corrected chi connectivity index (χ3v) is 4.69. The average molecular weight is 401 g/mol. The van der Waals surface area contributed by atoms with Crippen LogP contribution >= 0.6 is 0 Å². The minimum atomic E-state index is -0.492. The number of hydrogen-bond acceptors (Lipinski definition) is 7. The Morgan fingerprint density at radius 2 is 1.90 bits per heavy atom. The Labute approximate surface area is 169 Å². The Balaban J connectivity index is 1.47. The van der Waals surface area contributed by atoms with Crippen LogP contribution in [0.25, 0.3) is 0 Å². The molecule has 2 amide bonds. The number of benzene rings is 1. The van der Waals surface area contributed by atoms with E-state index in [2.05, 4.69) is 20.5 Å². The second kappa shape index (κ2) is 9.53. The number of nitrogens with zero attached hydrogens (tertiary/aromatic N) is 2. The van der Waals surface area contributed by atoms with Gasteiger partial charge in [0.25, 0.3) is 5.91 Å². The number of morpholine rings is 1. The molecule has 1 aromatic heterocycles. The van der Waals surface area contributed by atoms with Gasteiger partial charge in [0.1, 0.15) is 6.26 Å².